The van der Waals surface area contributed by atoms with Crippen LogP contribution in [-0.2, 0) is 0 Å². The molecule has 0 saturated heterocycles. The zero-order valence-electron chi connectivity index (χ0n) is 29.6. The van der Waals surface area contributed by atoms with E-state index in [1.807, 2.05) is 12.1 Å². The Balaban J connectivity index is 1.65. The molecule has 0 saturated carbocycles. The van der Waals surface area contributed by atoms with E-state index in [1.165, 1.54) is 128 Å². The molecule has 4 nitrogen and oxygen atoms in total. The second-order valence-electron chi connectivity index (χ2n) is 13.2. The van der Waals surface area contributed by atoms with E-state index in [4.69, 9.17) is 9.47 Å². The molecule has 2 aromatic carbocycles. The second kappa shape index (κ2) is 27.5. The number of hydrogen-bond acceptors (Lipinski definition) is 4. The first-order valence-electron chi connectivity index (χ1n) is 19.2. The summed E-state index contributed by atoms with van der Waals surface area (Å²) in [5, 5.41) is 0. The second-order valence-corrected chi connectivity index (χ2v) is 13.2. The SMILES string of the molecule is CCCCCCCCCCCCCCOc1ccc(-c2ccc(OCCCCCCCCCCCCCC)c(=O)cc2)ccc1=O. The van der Waals surface area contributed by atoms with Gasteiger partial charge in [-0.3, -0.25) is 9.59 Å². The van der Waals surface area contributed by atoms with Crippen molar-refractivity contribution in [3.8, 4) is 22.6 Å². The summed E-state index contributed by atoms with van der Waals surface area (Å²) in [4.78, 5) is 25.3. The zero-order valence-corrected chi connectivity index (χ0v) is 29.6. The van der Waals surface area contributed by atoms with Gasteiger partial charge in [-0.2, -0.15) is 0 Å². The maximum atomic E-state index is 12.6. The van der Waals surface area contributed by atoms with Crippen molar-refractivity contribution in [2.24, 2.45) is 0 Å². The molecule has 258 valence electrons. The molecule has 0 radical (unpaired) electrons. The average molecular weight is 635 g/mol. The Bertz CT molecular complexity index is 1050. The lowest BCUT2D eigenvalue weighted by atomic mass is 10.1. The van der Waals surface area contributed by atoms with Gasteiger partial charge in [0.15, 0.2) is 11.5 Å². The fraction of sp³-hybridized carbons (Fsp3) is 0.667. The maximum Gasteiger partial charge on any atom is 0.220 e. The molecule has 0 amide bonds. The number of rotatable bonds is 29. The normalized spacial score (nSPS) is 11.1. The van der Waals surface area contributed by atoms with Gasteiger partial charge in [0.25, 0.3) is 0 Å². The molecule has 0 aliphatic carbocycles. The quantitative estimate of drug-likeness (QED) is 0.0835. The zero-order chi connectivity index (χ0) is 32.9. The fourth-order valence-corrected chi connectivity index (χ4v) is 5.98. The number of ether oxygens (including phenoxy) is 2. The Kier molecular flexibility index (Phi) is 23.6. The minimum atomic E-state index is -0.124. The van der Waals surface area contributed by atoms with Crippen LogP contribution in [0, 0.1) is 0 Å². The maximum absolute atomic E-state index is 12.6. The van der Waals surface area contributed by atoms with Crippen LogP contribution in [0.5, 0.6) is 11.5 Å². The first kappa shape index (κ1) is 39.6. The van der Waals surface area contributed by atoms with Gasteiger partial charge in [-0.25, -0.2) is 0 Å². The Labute approximate surface area is 281 Å². The predicted molar refractivity (Wildman–Crippen MR) is 198 cm³/mol. The summed E-state index contributed by atoms with van der Waals surface area (Å²) >= 11 is 0. The van der Waals surface area contributed by atoms with Crippen LogP contribution < -0.4 is 20.3 Å². The van der Waals surface area contributed by atoms with Crippen molar-refractivity contribution in [3.63, 3.8) is 0 Å². The summed E-state index contributed by atoms with van der Waals surface area (Å²) in [6.45, 7) is 5.66. The third kappa shape index (κ3) is 19.1. The van der Waals surface area contributed by atoms with E-state index in [0.29, 0.717) is 24.7 Å². The van der Waals surface area contributed by atoms with Crippen molar-refractivity contribution in [2.75, 3.05) is 13.2 Å². The predicted octanol–water partition coefficient (Wildman–Crippen LogP) is 12.2. The lowest BCUT2D eigenvalue weighted by Crippen LogP contribution is -2.05. The van der Waals surface area contributed by atoms with E-state index in [-0.39, 0.29) is 10.9 Å². The molecule has 0 atom stereocenters. The van der Waals surface area contributed by atoms with Crippen LogP contribution in [0.15, 0.2) is 58.1 Å². The summed E-state index contributed by atoms with van der Waals surface area (Å²) in [5.74, 6) is 0.760. The highest BCUT2D eigenvalue weighted by Gasteiger charge is 2.04. The highest BCUT2D eigenvalue weighted by molar-refractivity contribution is 5.63. The van der Waals surface area contributed by atoms with E-state index >= 15 is 0 Å². The van der Waals surface area contributed by atoms with Crippen molar-refractivity contribution in [2.45, 2.75) is 168 Å². The highest BCUT2D eigenvalue weighted by atomic mass is 16.5. The Hall–Kier alpha value is -2.62. The van der Waals surface area contributed by atoms with Gasteiger partial charge < -0.3 is 9.47 Å². The molecule has 0 N–H and O–H groups in total. The highest BCUT2D eigenvalue weighted by Crippen LogP contribution is 2.20. The summed E-state index contributed by atoms with van der Waals surface area (Å²) in [5.41, 5.74) is 1.47. The van der Waals surface area contributed by atoms with Gasteiger partial charge in [0, 0.05) is 0 Å². The van der Waals surface area contributed by atoms with E-state index in [2.05, 4.69) is 13.8 Å². The first-order chi connectivity index (χ1) is 22.7. The van der Waals surface area contributed by atoms with Crippen LogP contribution in [0.3, 0.4) is 0 Å². The average Bonchev–Trinajstić information content (AvgIpc) is 3.36. The van der Waals surface area contributed by atoms with Gasteiger partial charge in [-0.1, -0.05) is 179 Å². The van der Waals surface area contributed by atoms with Crippen molar-refractivity contribution >= 4 is 0 Å². The van der Waals surface area contributed by atoms with Gasteiger partial charge in [-0.05, 0) is 48.2 Å². The standard InChI is InChI=1S/C42H66O4/c1-3-5-7-9-11-13-15-17-19-21-23-25-35-45-41-33-29-37(27-31-39(41)43)38-28-32-40(44)42(34-30-38)46-36-26-24-22-20-18-16-14-12-10-8-6-4-2/h27-34H,3-26,35-36H2,1-2H3. The molecular weight excluding hydrogens is 568 g/mol. The van der Waals surface area contributed by atoms with Crippen molar-refractivity contribution in [1.82, 2.24) is 0 Å². The molecule has 2 rings (SSSR count). The van der Waals surface area contributed by atoms with Gasteiger partial charge in [0.05, 0.1) is 13.2 Å². The third-order valence-electron chi connectivity index (χ3n) is 8.99. The largest absolute Gasteiger partial charge is 0.489 e. The lowest BCUT2D eigenvalue weighted by Gasteiger charge is -2.05. The number of hydrogen-bond donors (Lipinski definition) is 0. The smallest absolute Gasteiger partial charge is 0.220 e. The van der Waals surface area contributed by atoms with Gasteiger partial charge in [0.2, 0.25) is 10.9 Å². The molecule has 0 aliphatic heterocycles. The minimum Gasteiger partial charge on any atom is -0.489 e. The molecular formula is C42H66O4. The molecule has 46 heavy (non-hydrogen) atoms. The van der Waals surface area contributed by atoms with Crippen LogP contribution in [0.2, 0.25) is 0 Å². The van der Waals surface area contributed by atoms with Crippen LogP contribution in [0.1, 0.15) is 168 Å². The first-order valence-corrected chi connectivity index (χ1v) is 19.2. The molecule has 0 aromatic heterocycles. The summed E-state index contributed by atoms with van der Waals surface area (Å²) in [7, 11) is 0. The van der Waals surface area contributed by atoms with Gasteiger partial charge in [0.1, 0.15) is 0 Å². The van der Waals surface area contributed by atoms with E-state index in [1.54, 1.807) is 36.4 Å². The van der Waals surface area contributed by atoms with Crippen molar-refractivity contribution in [3.05, 3.63) is 69.0 Å². The molecule has 0 bridgehead atoms. The van der Waals surface area contributed by atoms with Crippen LogP contribution in [-0.4, -0.2) is 13.2 Å². The van der Waals surface area contributed by atoms with Gasteiger partial charge in [-0.15, -0.1) is 0 Å². The molecule has 0 unspecified atom stereocenters. The molecule has 4 heteroatoms. The van der Waals surface area contributed by atoms with Gasteiger partial charge >= 0.3 is 0 Å². The fourth-order valence-electron chi connectivity index (χ4n) is 5.98. The molecule has 0 aliphatic rings. The monoisotopic (exact) mass is 634 g/mol. The third-order valence-corrected chi connectivity index (χ3v) is 8.99. The molecule has 2 aromatic rings. The lowest BCUT2D eigenvalue weighted by molar-refractivity contribution is 0.302. The van der Waals surface area contributed by atoms with Crippen molar-refractivity contribution in [1.29, 1.82) is 0 Å². The topological polar surface area (TPSA) is 52.6 Å². The van der Waals surface area contributed by atoms with E-state index in [9.17, 15) is 9.59 Å². The molecule has 0 fully saturated rings. The molecule has 0 spiro atoms. The van der Waals surface area contributed by atoms with Crippen LogP contribution in [0.4, 0.5) is 0 Å². The summed E-state index contributed by atoms with van der Waals surface area (Å²) < 4.78 is 11.7. The van der Waals surface area contributed by atoms with Crippen molar-refractivity contribution < 1.29 is 9.47 Å². The summed E-state index contributed by atoms with van der Waals surface area (Å²) in [6, 6.07) is 14.0. The number of unbranched alkanes of at least 4 members (excludes halogenated alkanes) is 22. The molecule has 0 heterocycles. The Morgan fingerprint density at radius 1 is 0.348 bits per heavy atom. The van der Waals surface area contributed by atoms with E-state index in [0.717, 1.165) is 36.8 Å². The van der Waals surface area contributed by atoms with E-state index < -0.39 is 0 Å². The van der Waals surface area contributed by atoms with Crippen LogP contribution in [0.25, 0.3) is 11.1 Å². The Morgan fingerprint density at radius 3 is 0.913 bits per heavy atom. The Morgan fingerprint density at radius 2 is 0.609 bits per heavy atom. The minimum absolute atomic E-state index is 0.124. The summed E-state index contributed by atoms with van der Waals surface area (Å²) in [6.07, 6.45) is 31.1. The van der Waals surface area contributed by atoms with Crippen LogP contribution >= 0.6 is 0 Å².